The van der Waals surface area contributed by atoms with E-state index in [1.807, 2.05) is 20.8 Å². The minimum atomic E-state index is -0.190. The molecule has 0 bridgehead atoms. The maximum atomic E-state index is 11.8. The summed E-state index contributed by atoms with van der Waals surface area (Å²) in [6.07, 6.45) is 0.390. The van der Waals surface area contributed by atoms with Gasteiger partial charge in [-0.05, 0) is 56.8 Å². The van der Waals surface area contributed by atoms with Gasteiger partial charge in [0.1, 0.15) is 0 Å². The molecule has 3 nitrogen and oxygen atoms in total. The number of hydrazine groups is 1. The Hall–Kier alpha value is -0.610. The molecule has 5 heteroatoms. The molecule has 1 N–H and O–H groups in total. The molecular formula is C13H18Cl2N2O. The molecule has 0 unspecified atom stereocenters. The van der Waals surface area contributed by atoms with Crippen molar-refractivity contribution in [3.63, 3.8) is 0 Å². The summed E-state index contributed by atoms with van der Waals surface area (Å²) in [5, 5.41) is 0.629. The van der Waals surface area contributed by atoms with Gasteiger partial charge in [0.15, 0.2) is 5.78 Å². The summed E-state index contributed by atoms with van der Waals surface area (Å²) < 4.78 is 1.49. The second-order valence-corrected chi connectivity index (χ2v) is 5.81. The lowest BCUT2D eigenvalue weighted by molar-refractivity contribution is 0.0968. The minimum absolute atomic E-state index is 0.0677. The normalized spacial score (nSPS) is 11.9. The van der Waals surface area contributed by atoms with Crippen molar-refractivity contribution < 1.29 is 4.79 Å². The molecular weight excluding hydrogens is 271 g/mol. The van der Waals surface area contributed by atoms with Crippen LogP contribution in [-0.4, -0.2) is 22.4 Å². The van der Waals surface area contributed by atoms with Crippen molar-refractivity contribution in [2.45, 2.75) is 32.7 Å². The first kappa shape index (κ1) is 15.4. The smallest absolute Gasteiger partial charge is 0.164 e. The fraction of sp³-hybridized carbons (Fsp3) is 0.462. The molecule has 0 fully saturated rings. The molecule has 0 amide bonds. The van der Waals surface area contributed by atoms with Gasteiger partial charge >= 0.3 is 0 Å². The molecule has 0 aromatic heterocycles. The molecule has 18 heavy (non-hydrogen) atoms. The number of Topliss-reactive ketones (excluding diaryl/α,β-unsaturated/α-hetero) is 1. The number of nitrogens with zero attached hydrogens (tertiary/aromatic N) is 1. The summed E-state index contributed by atoms with van der Waals surface area (Å²) in [7, 11) is 0. The Bertz CT molecular complexity index is 398. The van der Waals surface area contributed by atoms with Gasteiger partial charge in [0.2, 0.25) is 0 Å². The summed E-state index contributed by atoms with van der Waals surface area (Å²) in [5.74, 6) is 0.0677. The fourth-order valence-electron chi connectivity index (χ4n) is 1.28. The third kappa shape index (κ3) is 4.94. The van der Waals surface area contributed by atoms with Crippen LogP contribution in [0.3, 0.4) is 0 Å². The van der Waals surface area contributed by atoms with Crippen LogP contribution in [0.4, 0.5) is 0 Å². The van der Waals surface area contributed by atoms with E-state index in [2.05, 4.69) is 5.43 Å². The Balaban J connectivity index is 2.40. The zero-order valence-electron chi connectivity index (χ0n) is 10.8. The average Bonchev–Trinajstić information content (AvgIpc) is 2.28. The van der Waals surface area contributed by atoms with E-state index in [4.69, 9.17) is 23.4 Å². The third-order valence-corrected chi connectivity index (χ3v) is 3.24. The lowest BCUT2D eigenvalue weighted by atomic mass is 10.1. The van der Waals surface area contributed by atoms with E-state index in [1.54, 1.807) is 24.3 Å². The number of benzene rings is 1. The van der Waals surface area contributed by atoms with Crippen molar-refractivity contribution in [2.75, 3.05) is 6.54 Å². The van der Waals surface area contributed by atoms with E-state index >= 15 is 0 Å². The lowest BCUT2D eigenvalue weighted by Crippen LogP contribution is -2.44. The van der Waals surface area contributed by atoms with Gasteiger partial charge in [-0.3, -0.25) is 4.79 Å². The summed E-state index contributed by atoms with van der Waals surface area (Å²) in [4.78, 5) is 11.8. The molecule has 0 heterocycles. The van der Waals surface area contributed by atoms with Crippen molar-refractivity contribution in [3.05, 3.63) is 34.9 Å². The number of carbonyl (C=O) groups is 1. The Morgan fingerprint density at radius 3 is 2.33 bits per heavy atom. The highest BCUT2D eigenvalue weighted by molar-refractivity contribution is 6.30. The van der Waals surface area contributed by atoms with Crippen molar-refractivity contribution in [1.82, 2.24) is 9.95 Å². The molecule has 1 aromatic carbocycles. The number of hydrogen-bond acceptors (Lipinski definition) is 3. The summed E-state index contributed by atoms with van der Waals surface area (Å²) >= 11 is 11.8. The van der Waals surface area contributed by atoms with E-state index < -0.39 is 0 Å². The van der Waals surface area contributed by atoms with Crippen LogP contribution >= 0.6 is 23.4 Å². The predicted octanol–water partition coefficient (Wildman–Crippen LogP) is 3.67. The molecule has 0 saturated heterocycles. The Kier molecular flexibility index (Phi) is 5.60. The van der Waals surface area contributed by atoms with Crippen molar-refractivity contribution in [1.29, 1.82) is 0 Å². The number of nitrogens with one attached hydrogen (secondary N) is 1. The van der Waals surface area contributed by atoms with E-state index in [-0.39, 0.29) is 11.3 Å². The first-order valence-electron chi connectivity index (χ1n) is 5.79. The van der Waals surface area contributed by atoms with E-state index in [9.17, 15) is 4.79 Å². The average molecular weight is 289 g/mol. The highest BCUT2D eigenvalue weighted by Crippen LogP contribution is 2.13. The number of halogens is 2. The summed E-state index contributed by atoms with van der Waals surface area (Å²) in [6.45, 7) is 6.44. The Labute approximate surface area is 118 Å². The van der Waals surface area contributed by atoms with Gasteiger partial charge in [-0.25, -0.2) is 5.43 Å². The van der Waals surface area contributed by atoms with Gasteiger partial charge in [0.25, 0.3) is 0 Å². The molecule has 0 aliphatic heterocycles. The highest BCUT2D eigenvalue weighted by atomic mass is 35.5. The maximum absolute atomic E-state index is 11.8. The first-order chi connectivity index (χ1) is 8.30. The van der Waals surface area contributed by atoms with Crippen LogP contribution < -0.4 is 5.43 Å². The monoisotopic (exact) mass is 288 g/mol. The topological polar surface area (TPSA) is 32.3 Å². The molecule has 0 atom stereocenters. The predicted molar refractivity (Wildman–Crippen MR) is 75.8 cm³/mol. The highest BCUT2D eigenvalue weighted by Gasteiger charge is 2.18. The van der Waals surface area contributed by atoms with E-state index in [0.717, 1.165) is 0 Å². The Morgan fingerprint density at radius 2 is 1.83 bits per heavy atom. The molecule has 1 rings (SSSR count). The zero-order valence-corrected chi connectivity index (χ0v) is 12.3. The number of rotatable bonds is 5. The van der Waals surface area contributed by atoms with E-state index in [1.165, 1.54) is 4.53 Å². The van der Waals surface area contributed by atoms with Crippen LogP contribution in [0.25, 0.3) is 0 Å². The maximum Gasteiger partial charge on any atom is 0.164 e. The van der Waals surface area contributed by atoms with Gasteiger partial charge in [-0.15, -0.1) is 0 Å². The second-order valence-electron chi connectivity index (χ2n) is 5.04. The van der Waals surface area contributed by atoms with Crippen LogP contribution in [-0.2, 0) is 0 Å². The van der Waals surface area contributed by atoms with Gasteiger partial charge in [0, 0.05) is 29.1 Å². The SMILES string of the molecule is CC(C)(C)N(Cl)NCCC(=O)c1ccc(Cl)cc1. The van der Waals surface area contributed by atoms with Gasteiger partial charge in [-0.2, -0.15) is 4.53 Å². The van der Waals surface area contributed by atoms with E-state index in [0.29, 0.717) is 23.6 Å². The van der Waals surface area contributed by atoms with Crippen LogP contribution in [0.2, 0.25) is 5.02 Å². The zero-order chi connectivity index (χ0) is 13.8. The number of ketones is 1. The molecule has 1 aromatic rings. The summed E-state index contributed by atoms with van der Waals surface area (Å²) in [6, 6.07) is 6.89. The minimum Gasteiger partial charge on any atom is -0.294 e. The van der Waals surface area contributed by atoms with Gasteiger partial charge in [0.05, 0.1) is 0 Å². The number of carbonyl (C=O) groups excluding carboxylic acids is 1. The Morgan fingerprint density at radius 1 is 1.28 bits per heavy atom. The van der Waals surface area contributed by atoms with Crippen LogP contribution in [0.15, 0.2) is 24.3 Å². The molecule has 100 valence electrons. The quantitative estimate of drug-likeness (QED) is 0.510. The van der Waals surface area contributed by atoms with Crippen molar-refractivity contribution >= 4 is 29.2 Å². The fourth-order valence-corrected chi connectivity index (χ4v) is 1.50. The third-order valence-electron chi connectivity index (χ3n) is 2.36. The van der Waals surface area contributed by atoms with Crippen molar-refractivity contribution in [2.24, 2.45) is 0 Å². The van der Waals surface area contributed by atoms with Gasteiger partial charge < -0.3 is 0 Å². The number of hydrogen-bond donors (Lipinski definition) is 1. The van der Waals surface area contributed by atoms with Crippen LogP contribution in [0.1, 0.15) is 37.6 Å². The lowest BCUT2D eigenvalue weighted by Gasteiger charge is -2.28. The van der Waals surface area contributed by atoms with Crippen LogP contribution in [0.5, 0.6) is 0 Å². The molecule has 0 radical (unpaired) electrons. The second kappa shape index (κ2) is 6.53. The van der Waals surface area contributed by atoms with Gasteiger partial charge in [-0.1, -0.05) is 11.6 Å². The standard InChI is InChI=1S/C13H18Cl2N2O/c1-13(2,3)17(15)16-9-8-12(18)10-4-6-11(14)7-5-10/h4-7,16H,8-9H2,1-3H3. The van der Waals surface area contributed by atoms with Crippen LogP contribution in [0, 0.1) is 0 Å². The first-order valence-corrected chi connectivity index (χ1v) is 6.50. The summed E-state index contributed by atoms with van der Waals surface area (Å²) in [5.41, 5.74) is 3.46. The van der Waals surface area contributed by atoms with Crippen molar-refractivity contribution in [3.8, 4) is 0 Å². The largest absolute Gasteiger partial charge is 0.294 e. The molecule has 0 saturated carbocycles. The molecule has 0 aliphatic carbocycles. The molecule has 0 spiro atoms. The molecule has 0 aliphatic rings.